The molecule has 0 spiro atoms. The number of aromatic nitrogens is 1. The molecule has 140 valence electrons. The molecule has 1 N–H and O–H groups in total. The van der Waals surface area contributed by atoms with Crippen LogP contribution in [-0.4, -0.2) is 24.6 Å². The lowest BCUT2D eigenvalue weighted by Crippen LogP contribution is -2.23. The monoisotopic (exact) mass is 390 g/mol. The largest absolute Gasteiger partial charge is 0.497 e. The van der Waals surface area contributed by atoms with Gasteiger partial charge in [0.2, 0.25) is 0 Å². The van der Waals surface area contributed by atoms with Crippen LogP contribution >= 0.6 is 11.3 Å². The summed E-state index contributed by atoms with van der Waals surface area (Å²) in [6.45, 7) is -2.71. The van der Waals surface area contributed by atoms with Gasteiger partial charge in [-0.3, -0.25) is 4.79 Å². The number of amides is 1. The highest BCUT2D eigenvalue weighted by Gasteiger charge is 2.12. The first kappa shape index (κ1) is 18.8. The average molecular weight is 390 g/mol. The Kier molecular flexibility index (Phi) is 5.97. The fourth-order valence-electron chi connectivity index (χ4n) is 2.35. The van der Waals surface area contributed by atoms with Crippen molar-refractivity contribution in [3.05, 3.63) is 65.2 Å². The van der Waals surface area contributed by atoms with Crippen molar-refractivity contribution in [3.8, 4) is 22.1 Å². The maximum absolute atomic E-state index is 12.3. The van der Waals surface area contributed by atoms with Crippen molar-refractivity contribution in [1.82, 2.24) is 10.3 Å². The van der Waals surface area contributed by atoms with E-state index in [0.717, 1.165) is 16.3 Å². The van der Waals surface area contributed by atoms with Crippen LogP contribution < -0.4 is 14.8 Å². The zero-order chi connectivity index (χ0) is 19.2. The van der Waals surface area contributed by atoms with Gasteiger partial charge in [0.25, 0.3) is 5.91 Å². The van der Waals surface area contributed by atoms with Crippen molar-refractivity contribution in [3.63, 3.8) is 0 Å². The topological polar surface area (TPSA) is 60.5 Å². The Morgan fingerprint density at radius 2 is 1.96 bits per heavy atom. The van der Waals surface area contributed by atoms with Gasteiger partial charge < -0.3 is 14.8 Å². The Labute approximate surface area is 158 Å². The van der Waals surface area contributed by atoms with Gasteiger partial charge in [0.1, 0.15) is 22.2 Å². The van der Waals surface area contributed by atoms with Crippen LogP contribution in [0.4, 0.5) is 8.78 Å². The Morgan fingerprint density at radius 3 is 2.67 bits per heavy atom. The molecule has 2 aromatic carbocycles. The number of benzene rings is 2. The molecule has 0 aliphatic rings. The van der Waals surface area contributed by atoms with E-state index in [0.29, 0.717) is 11.3 Å². The predicted molar refractivity (Wildman–Crippen MR) is 98.3 cm³/mol. The van der Waals surface area contributed by atoms with E-state index in [4.69, 9.17) is 4.74 Å². The van der Waals surface area contributed by atoms with Crippen LogP contribution in [0.5, 0.6) is 11.5 Å². The molecule has 0 radical (unpaired) electrons. The Morgan fingerprint density at radius 1 is 1.19 bits per heavy atom. The number of carbonyl (C=O) groups excluding carboxylic acids is 1. The zero-order valence-corrected chi connectivity index (χ0v) is 15.1. The Bertz CT molecular complexity index is 913. The zero-order valence-electron chi connectivity index (χ0n) is 14.3. The molecule has 0 fully saturated rings. The van der Waals surface area contributed by atoms with E-state index in [1.165, 1.54) is 23.5 Å². The third-order valence-corrected chi connectivity index (χ3v) is 4.54. The van der Waals surface area contributed by atoms with Gasteiger partial charge in [-0.2, -0.15) is 8.78 Å². The van der Waals surface area contributed by atoms with Gasteiger partial charge in [-0.1, -0.05) is 12.1 Å². The minimum atomic E-state index is -2.89. The predicted octanol–water partition coefficient (Wildman–Crippen LogP) is 4.35. The number of ether oxygens (including phenoxy) is 2. The molecular formula is C19H16F2N2O3S. The van der Waals surface area contributed by atoms with Crippen LogP contribution in [0.25, 0.3) is 10.6 Å². The minimum Gasteiger partial charge on any atom is -0.497 e. The Hall–Kier alpha value is -3.00. The van der Waals surface area contributed by atoms with Crippen molar-refractivity contribution in [2.45, 2.75) is 13.2 Å². The summed E-state index contributed by atoms with van der Waals surface area (Å²) < 4.78 is 34.0. The Balaban J connectivity index is 1.62. The minimum absolute atomic E-state index is 0.0483. The molecule has 0 saturated heterocycles. The first-order valence-corrected chi connectivity index (χ1v) is 8.85. The molecule has 0 unspecified atom stereocenters. The molecule has 1 aromatic heterocycles. The molecule has 5 nitrogen and oxygen atoms in total. The molecule has 3 rings (SSSR count). The number of alkyl halides is 2. The van der Waals surface area contributed by atoms with Crippen LogP contribution in [0.1, 0.15) is 16.1 Å². The van der Waals surface area contributed by atoms with Gasteiger partial charge in [-0.15, -0.1) is 11.3 Å². The van der Waals surface area contributed by atoms with Gasteiger partial charge in [0.15, 0.2) is 0 Å². The van der Waals surface area contributed by atoms with E-state index < -0.39 is 6.61 Å². The van der Waals surface area contributed by atoms with Crippen molar-refractivity contribution < 1.29 is 23.0 Å². The van der Waals surface area contributed by atoms with Crippen molar-refractivity contribution in [2.24, 2.45) is 0 Å². The molecule has 0 atom stereocenters. The van der Waals surface area contributed by atoms with E-state index in [1.807, 2.05) is 24.3 Å². The summed E-state index contributed by atoms with van der Waals surface area (Å²) in [4.78, 5) is 16.6. The van der Waals surface area contributed by atoms with Gasteiger partial charge in [-0.25, -0.2) is 4.98 Å². The van der Waals surface area contributed by atoms with Crippen molar-refractivity contribution in [2.75, 3.05) is 7.11 Å². The third kappa shape index (κ3) is 5.01. The van der Waals surface area contributed by atoms with E-state index in [2.05, 4.69) is 15.0 Å². The molecule has 0 aliphatic heterocycles. The maximum Gasteiger partial charge on any atom is 0.387 e. The highest BCUT2D eigenvalue weighted by Crippen LogP contribution is 2.25. The second kappa shape index (κ2) is 8.59. The van der Waals surface area contributed by atoms with Crippen LogP contribution in [0.3, 0.4) is 0 Å². The second-order valence-electron chi connectivity index (χ2n) is 5.47. The molecule has 1 amide bonds. The highest BCUT2D eigenvalue weighted by molar-refractivity contribution is 7.13. The van der Waals surface area contributed by atoms with Crippen LogP contribution in [0, 0.1) is 0 Å². The highest BCUT2D eigenvalue weighted by atomic mass is 32.1. The molecule has 0 bridgehead atoms. The van der Waals surface area contributed by atoms with Gasteiger partial charge >= 0.3 is 6.61 Å². The number of carbonyl (C=O) groups is 1. The van der Waals surface area contributed by atoms with Gasteiger partial charge in [0, 0.05) is 17.5 Å². The average Bonchev–Trinajstić information content (AvgIpc) is 3.16. The third-order valence-electron chi connectivity index (χ3n) is 3.65. The summed E-state index contributed by atoms with van der Waals surface area (Å²) in [6, 6.07) is 13.6. The number of nitrogens with one attached hydrogen (secondary N) is 1. The van der Waals surface area contributed by atoms with E-state index in [1.54, 1.807) is 24.6 Å². The van der Waals surface area contributed by atoms with E-state index >= 15 is 0 Å². The van der Waals surface area contributed by atoms with Crippen LogP contribution in [0.15, 0.2) is 53.9 Å². The fourth-order valence-corrected chi connectivity index (χ4v) is 3.15. The lowest BCUT2D eigenvalue weighted by molar-refractivity contribution is -0.0498. The molecule has 8 heteroatoms. The number of hydrogen-bond acceptors (Lipinski definition) is 5. The summed E-state index contributed by atoms with van der Waals surface area (Å²) in [6.07, 6.45) is 0. The molecule has 0 saturated carbocycles. The summed E-state index contributed by atoms with van der Waals surface area (Å²) in [5.41, 5.74) is 1.83. The van der Waals surface area contributed by atoms with Crippen molar-refractivity contribution in [1.29, 1.82) is 0 Å². The number of halogens is 2. The van der Waals surface area contributed by atoms with E-state index in [9.17, 15) is 13.6 Å². The number of methoxy groups -OCH3 is 1. The van der Waals surface area contributed by atoms with Crippen LogP contribution in [0.2, 0.25) is 0 Å². The molecule has 27 heavy (non-hydrogen) atoms. The number of thiazole rings is 1. The first-order valence-electron chi connectivity index (χ1n) is 7.97. The van der Waals surface area contributed by atoms with Crippen molar-refractivity contribution >= 4 is 17.2 Å². The summed E-state index contributed by atoms with van der Waals surface area (Å²) in [7, 11) is 1.59. The lowest BCUT2D eigenvalue weighted by Gasteiger charge is -2.07. The van der Waals surface area contributed by atoms with Crippen LogP contribution in [-0.2, 0) is 6.54 Å². The summed E-state index contributed by atoms with van der Waals surface area (Å²) >= 11 is 1.36. The lowest BCUT2D eigenvalue weighted by atomic mass is 10.2. The normalized spacial score (nSPS) is 10.7. The molecular weight excluding hydrogens is 374 g/mol. The maximum atomic E-state index is 12.3. The quantitative estimate of drug-likeness (QED) is 0.652. The van der Waals surface area contributed by atoms with E-state index in [-0.39, 0.29) is 18.2 Å². The second-order valence-corrected chi connectivity index (χ2v) is 6.33. The standard InChI is InChI=1S/C19H16F2N2O3S/c1-25-14-7-5-13(6-8-14)18-23-16(11-27-18)17(24)22-10-12-3-2-4-15(9-12)26-19(20)21/h2-9,11,19H,10H2,1H3,(H,22,24). The number of nitrogens with zero attached hydrogens (tertiary/aromatic N) is 1. The summed E-state index contributed by atoms with van der Waals surface area (Å²) in [5, 5.41) is 5.11. The molecule has 1 heterocycles. The SMILES string of the molecule is COc1ccc(-c2nc(C(=O)NCc3cccc(OC(F)F)c3)cs2)cc1. The number of hydrogen-bond donors (Lipinski definition) is 1. The van der Waals surface area contributed by atoms with Gasteiger partial charge in [0.05, 0.1) is 7.11 Å². The fraction of sp³-hybridized carbons (Fsp3) is 0.158. The molecule has 0 aliphatic carbocycles. The first-order chi connectivity index (χ1) is 13.0. The summed E-state index contributed by atoms with van der Waals surface area (Å²) in [5.74, 6) is 0.449. The number of rotatable bonds is 7. The molecule has 3 aromatic rings. The van der Waals surface area contributed by atoms with Gasteiger partial charge in [-0.05, 0) is 42.0 Å². The smallest absolute Gasteiger partial charge is 0.387 e.